The van der Waals surface area contributed by atoms with Crippen molar-refractivity contribution in [3.8, 4) is 0 Å². The molecule has 0 saturated heterocycles. The number of hydrogen-bond acceptors (Lipinski definition) is 3. The normalized spacial score (nSPS) is 45.3. The molecule has 82 valence electrons. The van der Waals surface area contributed by atoms with Crippen molar-refractivity contribution in [2.45, 2.75) is 24.9 Å². The molecule has 1 heterocycles. The summed E-state index contributed by atoms with van der Waals surface area (Å²) < 4.78 is 22.4. The van der Waals surface area contributed by atoms with E-state index < -0.39 is 9.84 Å². The van der Waals surface area contributed by atoms with Crippen LogP contribution in [0, 0.1) is 11.8 Å². The maximum absolute atomic E-state index is 11.2. The second-order valence-corrected chi connectivity index (χ2v) is 6.71. The third-order valence-electron chi connectivity index (χ3n) is 3.72. The minimum absolute atomic E-state index is 0.0370. The molecule has 0 aromatic rings. The van der Waals surface area contributed by atoms with Crippen LogP contribution in [0.4, 0.5) is 0 Å². The number of allylic oxidation sites excluding steroid dienone is 1. The van der Waals surface area contributed by atoms with Crippen LogP contribution in [0.5, 0.6) is 0 Å². The summed E-state index contributed by atoms with van der Waals surface area (Å²) in [6.07, 6.45) is 8.71. The van der Waals surface area contributed by atoms with E-state index in [0.717, 1.165) is 5.92 Å². The van der Waals surface area contributed by atoms with E-state index in [2.05, 4.69) is 17.5 Å². The van der Waals surface area contributed by atoms with E-state index in [4.69, 9.17) is 0 Å². The molecule has 3 rings (SSSR count). The Morgan fingerprint density at radius 1 is 1.27 bits per heavy atom. The van der Waals surface area contributed by atoms with Crippen LogP contribution in [0.2, 0.25) is 0 Å². The van der Waals surface area contributed by atoms with E-state index in [9.17, 15) is 8.42 Å². The molecule has 0 spiro atoms. The van der Waals surface area contributed by atoms with Crippen molar-refractivity contribution in [2.24, 2.45) is 11.8 Å². The number of nitrogens with one attached hydrogen (secondary N) is 1. The first-order chi connectivity index (χ1) is 7.14. The molecular formula is C11H15NO2S. The lowest BCUT2D eigenvalue weighted by atomic mass is 9.71. The largest absolute Gasteiger partial charge is 0.306 e. The monoisotopic (exact) mass is 225 g/mol. The fourth-order valence-corrected chi connectivity index (χ4v) is 4.11. The molecular weight excluding hydrogens is 210 g/mol. The van der Waals surface area contributed by atoms with E-state index in [1.54, 1.807) is 6.08 Å². The Balaban J connectivity index is 1.60. The first kappa shape index (κ1) is 9.60. The van der Waals surface area contributed by atoms with Gasteiger partial charge in [-0.25, -0.2) is 8.42 Å². The fourth-order valence-electron chi connectivity index (χ4n) is 2.86. The molecule has 1 N–H and O–H groups in total. The highest BCUT2D eigenvalue weighted by Gasteiger charge is 2.42. The van der Waals surface area contributed by atoms with Crippen LogP contribution in [-0.4, -0.2) is 26.3 Å². The standard InChI is InChI=1S/C11H15NO2S/c13-15(14)5-4-9(7-15)12-11-6-8-2-1-3-10(8)11/h1,3-5,8-12H,2,6-7H2. The van der Waals surface area contributed by atoms with E-state index in [1.807, 2.05) is 0 Å². The molecule has 1 aliphatic heterocycles. The third kappa shape index (κ3) is 1.66. The van der Waals surface area contributed by atoms with Crippen molar-refractivity contribution in [3.63, 3.8) is 0 Å². The van der Waals surface area contributed by atoms with Crippen LogP contribution in [0.1, 0.15) is 12.8 Å². The Hall–Kier alpha value is -0.610. The van der Waals surface area contributed by atoms with Crippen molar-refractivity contribution in [1.82, 2.24) is 5.32 Å². The molecule has 2 aliphatic carbocycles. The molecule has 15 heavy (non-hydrogen) atoms. The molecule has 0 radical (unpaired) electrons. The quantitative estimate of drug-likeness (QED) is 0.709. The van der Waals surface area contributed by atoms with Gasteiger partial charge in [-0.1, -0.05) is 18.2 Å². The fraction of sp³-hybridized carbons (Fsp3) is 0.636. The summed E-state index contributed by atoms with van der Waals surface area (Å²) in [5.74, 6) is 1.72. The first-order valence-corrected chi connectivity index (χ1v) is 7.19. The van der Waals surface area contributed by atoms with Gasteiger partial charge >= 0.3 is 0 Å². The predicted molar refractivity (Wildman–Crippen MR) is 59.0 cm³/mol. The summed E-state index contributed by atoms with van der Waals surface area (Å²) in [5, 5.41) is 4.76. The van der Waals surface area contributed by atoms with Crippen molar-refractivity contribution in [1.29, 1.82) is 0 Å². The number of hydrogen-bond donors (Lipinski definition) is 1. The molecule has 4 atom stereocenters. The average molecular weight is 225 g/mol. The summed E-state index contributed by atoms with van der Waals surface area (Å²) in [6.45, 7) is 0. The number of sulfone groups is 1. The van der Waals surface area contributed by atoms with Gasteiger partial charge in [-0.3, -0.25) is 0 Å². The molecule has 1 saturated carbocycles. The van der Waals surface area contributed by atoms with Gasteiger partial charge in [0.25, 0.3) is 0 Å². The first-order valence-electron chi connectivity index (χ1n) is 5.48. The molecule has 1 fully saturated rings. The van der Waals surface area contributed by atoms with Gasteiger partial charge in [0.1, 0.15) is 0 Å². The summed E-state index contributed by atoms with van der Waals surface area (Å²) >= 11 is 0. The van der Waals surface area contributed by atoms with E-state index in [-0.39, 0.29) is 11.8 Å². The Labute approximate surface area is 90.2 Å². The van der Waals surface area contributed by atoms with Crippen LogP contribution in [0.25, 0.3) is 0 Å². The Kier molecular flexibility index (Phi) is 2.04. The minimum atomic E-state index is -2.91. The van der Waals surface area contributed by atoms with Gasteiger partial charge in [0, 0.05) is 17.5 Å². The predicted octanol–water partition coefficient (Wildman–Crippen LogP) is 0.851. The van der Waals surface area contributed by atoms with E-state index in [0.29, 0.717) is 12.0 Å². The van der Waals surface area contributed by atoms with Gasteiger partial charge in [0.2, 0.25) is 0 Å². The summed E-state index contributed by atoms with van der Waals surface area (Å²) in [7, 11) is -2.91. The van der Waals surface area contributed by atoms with Gasteiger partial charge in [-0.15, -0.1) is 0 Å². The van der Waals surface area contributed by atoms with E-state index >= 15 is 0 Å². The molecule has 0 aromatic heterocycles. The second-order valence-electron chi connectivity index (χ2n) is 4.77. The Bertz CT molecular complexity index is 424. The van der Waals surface area contributed by atoms with Crippen LogP contribution in [0.15, 0.2) is 23.6 Å². The zero-order valence-electron chi connectivity index (χ0n) is 8.46. The van der Waals surface area contributed by atoms with Crippen LogP contribution in [-0.2, 0) is 9.84 Å². The van der Waals surface area contributed by atoms with Crippen molar-refractivity contribution >= 4 is 9.84 Å². The van der Waals surface area contributed by atoms with Crippen molar-refractivity contribution in [3.05, 3.63) is 23.6 Å². The van der Waals surface area contributed by atoms with Crippen LogP contribution >= 0.6 is 0 Å². The van der Waals surface area contributed by atoms with E-state index in [1.165, 1.54) is 18.2 Å². The number of fused-ring (bicyclic) bond motifs is 1. The SMILES string of the molecule is O=S1(=O)C=CC(NC2CC3CC=CC32)C1. The third-order valence-corrected chi connectivity index (χ3v) is 5.12. The zero-order valence-corrected chi connectivity index (χ0v) is 9.28. The van der Waals surface area contributed by atoms with Gasteiger partial charge in [0.15, 0.2) is 9.84 Å². The summed E-state index contributed by atoms with van der Waals surface area (Å²) in [5.41, 5.74) is 0. The topological polar surface area (TPSA) is 46.2 Å². The van der Waals surface area contributed by atoms with Gasteiger partial charge in [-0.05, 0) is 24.7 Å². The molecule has 3 aliphatic rings. The smallest absolute Gasteiger partial charge is 0.173 e. The molecule has 4 heteroatoms. The van der Waals surface area contributed by atoms with Gasteiger partial charge < -0.3 is 5.32 Å². The molecule has 0 bridgehead atoms. The lowest BCUT2D eigenvalue weighted by Gasteiger charge is -2.42. The summed E-state index contributed by atoms with van der Waals surface area (Å²) in [4.78, 5) is 0. The second kappa shape index (κ2) is 3.19. The highest BCUT2D eigenvalue weighted by molar-refractivity contribution is 7.94. The molecule has 0 aromatic carbocycles. The van der Waals surface area contributed by atoms with Crippen molar-refractivity contribution in [2.75, 3.05) is 5.75 Å². The summed E-state index contributed by atoms with van der Waals surface area (Å²) in [6, 6.07) is 0.534. The maximum atomic E-state index is 11.2. The highest BCUT2D eigenvalue weighted by atomic mass is 32.2. The molecule has 4 unspecified atom stereocenters. The zero-order chi connectivity index (χ0) is 10.5. The molecule has 3 nitrogen and oxygen atoms in total. The highest BCUT2D eigenvalue weighted by Crippen LogP contribution is 2.42. The number of rotatable bonds is 2. The lowest BCUT2D eigenvalue weighted by molar-refractivity contribution is 0.159. The van der Waals surface area contributed by atoms with Crippen molar-refractivity contribution < 1.29 is 8.42 Å². The Morgan fingerprint density at radius 3 is 2.80 bits per heavy atom. The maximum Gasteiger partial charge on any atom is 0.173 e. The van der Waals surface area contributed by atoms with Crippen LogP contribution in [0.3, 0.4) is 0 Å². The average Bonchev–Trinajstić information content (AvgIpc) is 2.66. The lowest BCUT2D eigenvalue weighted by Crippen LogP contribution is -2.51. The van der Waals surface area contributed by atoms with Gasteiger partial charge in [-0.2, -0.15) is 0 Å². The van der Waals surface area contributed by atoms with Gasteiger partial charge in [0.05, 0.1) is 5.75 Å². The minimum Gasteiger partial charge on any atom is -0.306 e. The molecule has 0 amide bonds. The van der Waals surface area contributed by atoms with Crippen LogP contribution < -0.4 is 5.32 Å². The Morgan fingerprint density at radius 2 is 2.13 bits per heavy atom.